The van der Waals surface area contributed by atoms with E-state index in [1.807, 2.05) is 6.20 Å². The molecule has 2 aliphatic rings. The number of morpholine rings is 1. The molecule has 0 radical (unpaired) electrons. The second-order valence-electron chi connectivity index (χ2n) is 5.94. The molecule has 2 fully saturated rings. The van der Waals surface area contributed by atoms with E-state index in [-0.39, 0.29) is 6.10 Å². The number of hydrogen-bond donors (Lipinski definition) is 1. The van der Waals surface area contributed by atoms with Crippen LogP contribution in [0, 0.1) is 0 Å². The lowest BCUT2D eigenvalue weighted by molar-refractivity contribution is 0.0339. The van der Waals surface area contributed by atoms with Gasteiger partial charge in [-0.05, 0) is 48.7 Å². The van der Waals surface area contributed by atoms with Crippen LogP contribution >= 0.6 is 15.9 Å². The molecule has 1 N–H and O–H groups in total. The van der Waals surface area contributed by atoms with Gasteiger partial charge in [-0.2, -0.15) is 0 Å². The number of halogens is 1. The number of nitrogens with one attached hydrogen (secondary N) is 1. The van der Waals surface area contributed by atoms with Crippen molar-refractivity contribution < 1.29 is 4.74 Å². The molecule has 3 rings (SSSR count). The minimum absolute atomic E-state index is 0.265. The number of nitrogens with zero attached hydrogens (tertiary/aromatic N) is 2. The van der Waals surface area contributed by atoms with E-state index < -0.39 is 0 Å². The van der Waals surface area contributed by atoms with Crippen molar-refractivity contribution >= 4 is 21.7 Å². The number of ether oxygens (including phenoxy) is 1. The fraction of sp³-hybridized carbons (Fsp3) is 0.667. The third kappa shape index (κ3) is 3.32. The van der Waals surface area contributed by atoms with E-state index in [9.17, 15) is 0 Å². The van der Waals surface area contributed by atoms with Crippen molar-refractivity contribution in [2.75, 3.05) is 18.1 Å². The molecular formula is C15H22BrN3O. The first kappa shape index (κ1) is 14.3. The van der Waals surface area contributed by atoms with Gasteiger partial charge in [0.2, 0.25) is 0 Å². The molecule has 0 bridgehead atoms. The molecule has 1 saturated heterocycles. The minimum atomic E-state index is 0.265. The Kier molecular flexibility index (Phi) is 4.29. The van der Waals surface area contributed by atoms with Crippen molar-refractivity contribution in [1.82, 2.24) is 10.3 Å². The molecule has 0 spiro atoms. The average Bonchev–Trinajstić information content (AvgIpc) is 3.24. The van der Waals surface area contributed by atoms with Crippen LogP contribution in [-0.4, -0.2) is 36.3 Å². The largest absolute Gasteiger partial charge is 0.375 e. The molecule has 0 aromatic carbocycles. The molecule has 2 heterocycles. The Balaban J connectivity index is 1.82. The van der Waals surface area contributed by atoms with Gasteiger partial charge >= 0.3 is 0 Å². The first-order valence-corrected chi connectivity index (χ1v) is 8.19. The summed E-state index contributed by atoms with van der Waals surface area (Å²) in [7, 11) is 0. The summed E-state index contributed by atoms with van der Waals surface area (Å²) in [6.07, 6.45) is 4.77. The van der Waals surface area contributed by atoms with Crippen LogP contribution in [0.5, 0.6) is 0 Å². The fourth-order valence-electron chi connectivity index (χ4n) is 2.60. The number of rotatable bonds is 4. The molecule has 4 nitrogen and oxygen atoms in total. The van der Waals surface area contributed by atoms with Crippen LogP contribution in [0.2, 0.25) is 0 Å². The van der Waals surface area contributed by atoms with E-state index in [1.54, 1.807) is 0 Å². The monoisotopic (exact) mass is 339 g/mol. The summed E-state index contributed by atoms with van der Waals surface area (Å²) in [6, 6.07) is 3.27. The second kappa shape index (κ2) is 6.00. The van der Waals surface area contributed by atoms with E-state index in [0.717, 1.165) is 30.0 Å². The smallest absolute Gasteiger partial charge is 0.133 e. The maximum absolute atomic E-state index is 5.72. The zero-order valence-corrected chi connectivity index (χ0v) is 13.7. The Hall–Kier alpha value is -0.650. The predicted octanol–water partition coefficient (Wildman–Crippen LogP) is 2.71. The highest BCUT2D eigenvalue weighted by atomic mass is 79.9. The topological polar surface area (TPSA) is 37.4 Å². The van der Waals surface area contributed by atoms with Gasteiger partial charge < -0.3 is 15.0 Å². The van der Waals surface area contributed by atoms with Gasteiger partial charge in [0.05, 0.1) is 18.8 Å². The summed E-state index contributed by atoms with van der Waals surface area (Å²) in [5, 5.41) is 3.59. The van der Waals surface area contributed by atoms with Gasteiger partial charge in [0.15, 0.2) is 0 Å². The molecular weight excluding hydrogens is 318 g/mol. The van der Waals surface area contributed by atoms with E-state index in [2.05, 4.69) is 51.0 Å². The standard InChI is InChI=1S/C15H22BrN3O/c1-10-9-20-11(2)8-19(10)15-12(5-13(16)7-18-15)6-17-14-3-4-14/h5,7,10-11,14,17H,3-4,6,8-9H2,1-2H3. The first-order chi connectivity index (χ1) is 9.63. The van der Waals surface area contributed by atoms with Crippen LogP contribution in [0.3, 0.4) is 0 Å². The van der Waals surface area contributed by atoms with Crippen LogP contribution in [0.15, 0.2) is 16.7 Å². The van der Waals surface area contributed by atoms with Crippen molar-refractivity contribution in [3.8, 4) is 0 Å². The van der Waals surface area contributed by atoms with Gasteiger partial charge in [0.1, 0.15) is 5.82 Å². The molecule has 1 aliphatic heterocycles. The quantitative estimate of drug-likeness (QED) is 0.915. The number of aromatic nitrogens is 1. The van der Waals surface area contributed by atoms with Crippen LogP contribution in [-0.2, 0) is 11.3 Å². The third-order valence-corrected chi connectivity index (χ3v) is 4.38. The molecule has 20 heavy (non-hydrogen) atoms. The zero-order chi connectivity index (χ0) is 14.1. The predicted molar refractivity (Wildman–Crippen MR) is 84.0 cm³/mol. The van der Waals surface area contributed by atoms with Gasteiger partial charge in [-0.15, -0.1) is 0 Å². The first-order valence-electron chi connectivity index (χ1n) is 7.39. The van der Waals surface area contributed by atoms with Crippen molar-refractivity contribution in [3.63, 3.8) is 0 Å². The molecule has 2 atom stereocenters. The summed E-state index contributed by atoms with van der Waals surface area (Å²) >= 11 is 3.54. The van der Waals surface area contributed by atoms with E-state index in [0.29, 0.717) is 12.1 Å². The maximum Gasteiger partial charge on any atom is 0.133 e. The van der Waals surface area contributed by atoms with Gasteiger partial charge in [-0.3, -0.25) is 0 Å². The van der Waals surface area contributed by atoms with Gasteiger partial charge in [-0.25, -0.2) is 4.98 Å². The van der Waals surface area contributed by atoms with E-state index in [1.165, 1.54) is 18.4 Å². The molecule has 5 heteroatoms. The minimum Gasteiger partial charge on any atom is -0.375 e. The fourth-order valence-corrected chi connectivity index (χ4v) is 2.98. The number of pyridine rings is 1. The summed E-state index contributed by atoms with van der Waals surface area (Å²) in [5.74, 6) is 1.10. The Morgan fingerprint density at radius 1 is 1.45 bits per heavy atom. The Bertz CT molecular complexity index is 478. The van der Waals surface area contributed by atoms with Crippen molar-refractivity contribution in [2.45, 2.75) is 51.4 Å². The average molecular weight is 340 g/mol. The zero-order valence-electron chi connectivity index (χ0n) is 12.1. The van der Waals surface area contributed by atoms with Crippen LogP contribution in [0.1, 0.15) is 32.3 Å². The van der Waals surface area contributed by atoms with Gasteiger partial charge in [0.25, 0.3) is 0 Å². The lowest BCUT2D eigenvalue weighted by Crippen LogP contribution is -2.48. The van der Waals surface area contributed by atoms with Crippen molar-refractivity contribution in [1.29, 1.82) is 0 Å². The molecule has 1 aromatic rings. The van der Waals surface area contributed by atoms with E-state index in [4.69, 9.17) is 4.74 Å². The van der Waals surface area contributed by atoms with E-state index >= 15 is 0 Å². The lowest BCUT2D eigenvalue weighted by Gasteiger charge is -2.38. The highest BCUT2D eigenvalue weighted by Gasteiger charge is 2.27. The summed E-state index contributed by atoms with van der Waals surface area (Å²) in [5.41, 5.74) is 1.27. The van der Waals surface area contributed by atoms with Gasteiger partial charge in [0, 0.05) is 35.4 Å². The summed E-state index contributed by atoms with van der Waals surface area (Å²) in [4.78, 5) is 7.05. The van der Waals surface area contributed by atoms with Crippen LogP contribution in [0.25, 0.3) is 0 Å². The molecule has 1 aliphatic carbocycles. The molecule has 1 saturated carbocycles. The Morgan fingerprint density at radius 2 is 2.25 bits per heavy atom. The molecule has 1 aromatic heterocycles. The second-order valence-corrected chi connectivity index (χ2v) is 6.85. The van der Waals surface area contributed by atoms with Crippen LogP contribution < -0.4 is 10.2 Å². The van der Waals surface area contributed by atoms with Gasteiger partial charge in [-0.1, -0.05) is 0 Å². The summed E-state index contributed by atoms with van der Waals surface area (Å²) in [6.45, 7) is 6.90. The maximum atomic E-state index is 5.72. The highest BCUT2D eigenvalue weighted by molar-refractivity contribution is 9.10. The molecule has 2 unspecified atom stereocenters. The Labute approximate surface area is 129 Å². The summed E-state index contributed by atoms with van der Waals surface area (Å²) < 4.78 is 6.76. The number of hydrogen-bond acceptors (Lipinski definition) is 4. The highest BCUT2D eigenvalue weighted by Crippen LogP contribution is 2.27. The van der Waals surface area contributed by atoms with Crippen molar-refractivity contribution in [2.24, 2.45) is 0 Å². The SMILES string of the molecule is CC1CN(c2ncc(Br)cc2CNC2CC2)C(C)CO1. The van der Waals surface area contributed by atoms with Crippen molar-refractivity contribution in [3.05, 3.63) is 22.3 Å². The normalized spacial score (nSPS) is 26.9. The molecule has 0 amide bonds. The van der Waals surface area contributed by atoms with Crippen LogP contribution in [0.4, 0.5) is 5.82 Å². The lowest BCUT2D eigenvalue weighted by atomic mass is 10.1. The Morgan fingerprint density at radius 3 is 3.00 bits per heavy atom. The number of anilines is 1. The third-order valence-electron chi connectivity index (χ3n) is 3.95. The molecule has 110 valence electrons.